The zero-order valence-corrected chi connectivity index (χ0v) is 23.7. The molecule has 0 fully saturated rings. The lowest BCUT2D eigenvalue weighted by Crippen LogP contribution is -2.49. The third kappa shape index (κ3) is 4.27. The van der Waals surface area contributed by atoms with Crippen LogP contribution in [0.3, 0.4) is 0 Å². The van der Waals surface area contributed by atoms with Crippen LogP contribution in [0.1, 0.15) is 16.0 Å². The van der Waals surface area contributed by atoms with Gasteiger partial charge in [0.1, 0.15) is 0 Å². The summed E-state index contributed by atoms with van der Waals surface area (Å²) in [4.78, 5) is 14.2. The van der Waals surface area contributed by atoms with Gasteiger partial charge in [0.2, 0.25) is 0 Å². The maximum Gasteiger partial charge on any atom is 0.380 e. The first-order chi connectivity index (χ1) is 19.8. The molecular weight excluding hydrogens is 592 g/mol. The molecule has 214 valence electrons. The van der Waals surface area contributed by atoms with E-state index in [2.05, 4.69) is 0 Å². The van der Waals surface area contributed by atoms with E-state index in [-0.39, 0.29) is 26.3 Å². The standard InChI is InChI=1S/C32H21F6NOS2/c1-18-23(16-25(41-18)19-6-4-3-5-7-19)27-28(31(35,36)32(37,38)30(27,33)34)24-17-26(20-12-14-39(2)15-13-20)42-29(24)21-8-10-22(40)11-9-21/h3-17H,1-2H3. The van der Waals surface area contributed by atoms with Crippen LogP contribution < -0.4 is 9.06 Å². The predicted octanol–water partition coefficient (Wildman–Crippen LogP) is 7.58. The van der Waals surface area contributed by atoms with Crippen molar-refractivity contribution >= 4 is 50.7 Å². The van der Waals surface area contributed by atoms with Crippen LogP contribution in [0.25, 0.3) is 32.7 Å². The van der Waals surface area contributed by atoms with Crippen molar-refractivity contribution in [2.24, 2.45) is 0 Å². The van der Waals surface area contributed by atoms with E-state index in [1.165, 1.54) is 43.4 Å². The number of ketones is 1. The first-order valence-electron chi connectivity index (χ1n) is 12.7. The van der Waals surface area contributed by atoms with Gasteiger partial charge in [0.25, 0.3) is 0 Å². The highest BCUT2D eigenvalue weighted by Gasteiger charge is 2.80. The van der Waals surface area contributed by atoms with Crippen LogP contribution in [0, 0.1) is 6.92 Å². The fourth-order valence-electron chi connectivity index (χ4n) is 5.11. The monoisotopic (exact) mass is 613 g/mol. The van der Waals surface area contributed by atoms with E-state index in [4.69, 9.17) is 0 Å². The van der Waals surface area contributed by atoms with Gasteiger partial charge in [-0.1, -0.05) is 30.3 Å². The fourth-order valence-corrected chi connectivity index (χ4v) is 7.32. The first kappa shape index (κ1) is 28.2. The van der Waals surface area contributed by atoms with E-state index in [0.717, 1.165) is 22.7 Å². The molecule has 0 N–H and O–H groups in total. The molecule has 3 aliphatic rings. The maximum atomic E-state index is 15.9. The SMILES string of the molecule is Cc1sc(-c2ccccc2)cc1C1=C(c2cc(=C3C=CN(C)C=C3)sc2=C2C=CC(=O)C=C2)C(F)(F)C(F)(F)C1(F)F. The van der Waals surface area contributed by atoms with Crippen molar-refractivity contribution in [1.82, 2.24) is 4.90 Å². The quantitative estimate of drug-likeness (QED) is 0.284. The Balaban J connectivity index is 1.72. The van der Waals surface area contributed by atoms with Crippen molar-refractivity contribution in [3.8, 4) is 10.4 Å². The van der Waals surface area contributed by atoms with Gasteiger partial charge in [-0.2, -0.15) is 26.3 Å². The molecule has 0 bridgehead atoms. The normalized spacial score (nSPS) is 20.4. The first-order valence-corrected chi connectivity index (χ1v) is 14.4. The van der Waals surface area contributed by atoms with Crippen molar-refractivity contribution in [2.75, 3.05) is 7.05 Å². The van der Waals surface area contributed by atoms with Gasteiger partial charge < -0.3 is 4.90 Å². The van der Waals surface area contributed by atoms with Crippen LogP contribution in [-0.2, 0) is 4.79 Å². The summed E-state index contributed by atoms with van der Waals surface area (Å²) in [6.45, 7) is 1.46. The summed E-state index contributed by atoms with van der Waals surface area (Å²) < 4.78 is 94.1. The molecule has 6 rings (SSSR count). The number of allylic oxidation sites excluding steroid dienone is 8. The molecule has 2 nitrogen and oxygen atoms in total. The minimum absolute atomic E-state index is 0.0788. The van der Waals surface area contributed by atoms with Crippen LogP contribution in [0.15, 0.2) is 91.3 Å². The summed E-state index contributed by atoms with van der Waals surface area (Å²) in [6, 6.07) is 11.2. The Bertz CT molecular complexity index is 1870. The van der Waals surface area contributed by atoms with E-state index in [0.29, 0.717) is 20.5 Å². The molecule has 0 saturated carbocycles. The zero-order valence-electron chi connectivity index (χ0n) is 22.1. The molecular formula is C32H21F6NOS2. The van der Waals surface area contributed by atoms with E-state index in [9.17, 15) is 4.79 Å². The van der Waals surface area contributed by atoms with Gasteiger partial charge in [-0.05, 0) is 77.8 Å². The molecule has 0 unspecified atom stereocenters. The average Bonchev–Trinajstić information content (AvgIpc) is 3.58. The molecule has 2 aliphatic carbocycles. The minimum Gasteiger partial charge on any atom is -0.357 e. The van der Waals surface area contributed by atoms with Crippen molar-refractivity contribution in [3.63, 3.8) is 0 Å². The van der Waals surface area contributed by atoms with E-state index in [1.54, 1.807) is 66.8 Å². The van der Waals surface area contributed by atoms with Gasteiger partial charge in [0.05, 0.1) is 0 Å². The largest absolute Gasteiger partial charge is 0.380 e. The smallest absolute Gasteiger partial charge is 0.357 e. The Morgan fingerprint density at radius 3 is 1.93 bits per heavy atom. The summed E-state index contributed by atoms with van der Waals surface area (Å²) in [6.07, 6.45) is 12.0. The van der Waals surface area contributed by atoms with Crippen LogP contribution in [0.5, 0.6) is 0 Å². The van der Waals surface area contributed by atoms with Gasteiger partial charge in [-0.25, -0.2) is 0 Å². The molecule has 42 heavy (non-hydrogen) atoms. The third-order valence-corrected chi connectivity index (χ3v) is 9.63. The van der Waals surface area contributed by atoms with Gasteiger partial charge in [-0.15, -0.1) is 22.7 Å². The topological polar surface area (TPSA) is 20.3 Å². The number of halogens is 6. The third-order valence-electron chi connectivity index (χ3n) is 7.29. The number of rotatable bonds is 3. The van der Waals surface area contributed by atoms with Gasteiger partial charge >= 0.3 is 17.8 Å². The predicted molar refractivity (Wildman–Crippen MR) is 156 cm³/mol. The fraction of sp³-hybridized carbons (Fsp3) is 0.156. The Labute approximate surface area is 244 Å². The Hall–Kier alpha value is -3.89. The maximum absolute atomic E-state index is 15.9. The number of benzene rings is 1. The summed E-state index contributed by atoms with van der Waals surface area (Å²) in [7, 11) is 1.78. The van der Waals surface area contributed by atoms with Crippen LogP contribution >= 0.6 is 22.7 Å². The lowest BCUT2D eigenvalue weighted by molar-refractivity contribution is -0.254. The van der Waals surface area contributed by atoms with Gasteiger partial charge in [0, 0.05) is 55.0 Å². The second-order valence-electron chi connectivity index (χ2n) is 10.0. The van der Waals surface area contributed by atoms with Crippen LogP contribution in [0.2, 0.25) is 0 Å². The van der Waals surface area contributed by atoms with Gasteiger partial charge in [-0.3, -0.25) is 4.79 Å². The summed E-state index contributed by atoms with van der Waals surface area (Å²) in [5.41, 5.74) is -2.07. The highest BCUT2D eigenvalue weighted by Crippen LogP contribution is 2.65. The Morgan fingerprint density at radius 2 is 1.31 bits per heavy atom. The number of thiophene rings is 2. The molecule has 1 aromatic carbocycles. The lowest BCUT2D eigenvalue weighted by atomic mass is 9.94. The van der Waals surface area contributed by atoms with Crippen molar-refractivity contribution < 1.29 is 31.1 Å². The molecule has 0 saturated heterocycles. The summed E-state index contributed by atoms with van der Waals surface area (Å²) in [5, 5.41) is 0. The number of alkyl halides is 6. The lowest BCUT2D eigenvalue weighted by Gasteiger charge is -2.25. The molecule has 10 heteroatoms. The highest BCUT2D eigenvalue weighted by atomic mass is 32.1. The minimum atomic E-state index is -5.69. The van der Waals surface area contributed by atoms with Crippen molar-refractivity contribution in [2.45, 2.75) is 24.7 Å². The molecule has 1 aliphatic heterocycles. The molecule has 0 amide bonds. The van der Waals surface area contributed by atoms with Crippen LogP contribution in [0.4, 0.5) is 26.3 Å². The number of hydrogen-bond acceptors (Lipinski definition) is 4. The molecule has 0 spiro atoms. The Morgan fingerprint density at radius 1 is 0.714 bits per heavy atom. The number of aryl methyl sites for hydroxylation is 1. The molecule has 3 aromatic rings. The summed E-state index contributed by atoms with van der Waals surface area (Å²) >= 11 is 2.07. The second-order valence-corrected chi connectivity index (χ2v) is 12.4. The van der Waals surface area contributed by atoms with Gasteiger partial charge in [0.15, 0.2) is 5.78 Å². The zero-order chi connectivity index (χ0) is 30.0. The van der Waals surface area contributed by atoms with Crippen molar-refractivity contribution in [1.29, 1.82) is 0 Å². The molecule has 2 aromatic heterocycles. The highest BCUT2D eigenvalue weighted by molar-refractivity contribution is 7.15. The van der Waals surface area contributed by atoms with E-state index >= 15 is 26.3 Å². The number of carbonyl (C=O) groups is 1. The number of hydrogen-bond donors (Lipinski definition) is 0. The molecule has 3 heterocycles. The molecule has 0 atom stereocenters. The van der Waals surface area contributed by atoms with Crippen LogP contribution in [-0.4, -0.2) is 35.5 Å². The van der Waals surface area contributed by atoms with E-state index < -0.39 is 34.5 Å². The Kier molecular flexibility index (Phi) is 6.62. The van der Waals surface area contributed by atoms with E-state index in [1.807, 2.05) is 0 Å². The average molecular weight is 614 g/mol. The van der Waals surface area contributed by atoms with Crippen molar-refractivity contribution in [3.05, 3.63) is 116 Å². The number of carbonyl (C=O) groups excluding carboxylic acids is 1. The second kappa shape index (κ2) is 9.84. The molecule has 0 radical (unpaired) electrons. The summed E-state index contributed by atoms with van der Waals surface area (Å²) in [5.74, 6) is -16.4. The number of nitrogens with zero attached hydrogens (tertiary/aromatic N) is 1.